The number of aliphatic imine (C=N–C) groups is 1. The minimum Gasteiger partial charge on any atom is -0.269 e. The normalized spacial score (nSPS) is 27.5. The van der Waals surface area contributed by atoms with E-state index in [0.717, 1.165) is 5.75 Å². The maximum absolute atomic E-state index is 4.82. The number of thioether (sulfide) groups is 1. The Morgan fingerprint density at radius 2 is 2.07 bits per heavy atom. The van der Waals surface area contributed by atoms with Gasteiger partial charge in [-0.1, -0.05) is 53.2 Å². The van der Waals surface area contributed by atoms with Crippen molar-refractivity contribution < 1.29 is 0 Å². The molecule has 0 fully saturated rings. The summed E-state index contributed by atoms with van der Waals surface area (Å²) in [5.74, 6) is 1.06. The van der Waals surface area contributed by atoms with Gasteiger partial charge in [-0.25, -0.2) is 0 Å². The van der Waals surface area contributed by atoms with Gasteiger partial charge in [-0.2, -0.15) is 0 Å². The average Bonchev–Trinajstić information content (AvgIpc) is 2.64. The second-order valence-corrected chi connectivity index (χ2v) is 6.38. The summed E-state index contributed by atoms with van der Waals surface area (Å²) in [6.45, 7) is 4.37. The standard InChI is InChI=1S/C12H14BrNS/c1-9(13)12(2)8-15-11(14-12)10-6-4-3-5-7-10/h3-7,9H,8H2,1-2H3/t9-,12?/m1/s1. The van der Waals surface area contributed by atoms with E-state index in [1.54, 1.807) is 0 Å². The summed E-state index contributed by atoms with van der Waals surface area (Å²) in [5, 5.41) is 1.17. The highest BCUT2D eigenvalue weighted by Crippen LogP contribution is 2.35. The van der Waals surface area contributed by atoms with Gasteiger partial charge in [-0.3, -0.25) is 4.99 Å². The summed E-state index contributed by atoms with van der Waals surface area (Å²) in [6.07, 6.45) is 0. The third-order valence-electron chi connectivity index (χ3n) is 2.74. The first-order chi connectivity index (χ1) is 7.12. The van der Waals surface area contributed by atoms with Crippen molar-refractivity contribution in [3.05, 3.63) is 35.9 Å². The molecule has 0 aromatic heterocycles. The molecule has 0 bridgehead atoms. The monoisotopic (exact) mass is 283 g/mol. The van der Waals surface area contributed by atoms with E-state index < -0.39 is 0 Å². The topological polar surface area (TPSA) is 12.4 Å². The molecular weight excluding hydrogens is 270 g/mol. The number of halogens is 1. The minimum atomic E-state index is 0.0375. The molecule has 0 spiro atoms. The minimum absolute atomic E-state index is 0.0375. The summed E-state index contributed by atoms with van der Waals surface area (Å²) in [6, 6.07) is 10.4. The van der Waals surface area contributed by atoms with Crippen LogP contribution < -0.4 is 0 Å². The molecule has 1 aromatic carbocycles. The molecule has 1 heterocycles. The van der Waals surface area contributed by atoms with Crippen LogP contribution in [-0.4, -0.2) is 21.2 Å². The van der Waals surface area contributed by atoms with Gasteiger partial charge in [0.1, 0.15) is 0 Å². The molecule has 0 radical (unpaired) electrons. The van der Waals surface area contributed by atoms with E-state index in [0.29, 0.717) is 4.83 Å². The Morgan fingerprint density at radius 3 is 2.60 bits per heavy atom. The molecule has 0 N–H and O–H groups in total. The van der Waals surface area contributed by atoms with Crippen LogP contribution in [0.2, 0.25) is 0 Å². The zero-order chi connectivity index (χ0) is 10.9. The lowest BCUT2D eigenvalue weighted by Crippen LogP contribution is -2.31. The second-order valence-electron chi connectivity index (χ2n) is 4.04. The van der Waals surface area contributed by atoms with Crippen LogP contribution >= 0.6 is 27.7 Å². The lowest BCUT2D eigenvalue weighted by Gasteiger charge is -2.22. The lowest BCUT2D eigenvalue weighted by molar-refractivity contribution is 0.543. The van der Waals surface area contributed by atoms with Gasteiger partial charge in [-0.15, -0.1) is 11.8 Å². The fourth-order valence-electron chi connectivity index (χ4n) is 1.44. The molecule has 80 valence electrons. The maximum atomic E-state index is 4.82. The summed E-state index contributed by atoms with van der Waals surface area (Å²) < 4.78 is 0. The number of hydrogen-bond donors (Lipinski definition) is 0. The summed E-state index contributed by atoms with van der Waals surface area (Å²) in [7, 11) is 0. The van der Waals surface area contributed by atoms with Gasteiger partial charge < -0.3 is 0 Å². The summed E-state index contributed by atoms with van der Waals surface area (Å²) in [5.41, 5.74) is 1.27. The number of rotatable bonds is 2. The first-order valence-corrected chi connectivity index (χ1v) is 6.94. The van der Waals surface area contributed by atoms with Crippen molar-refractivity contribution in [3.8, 4) is 0 Å². The number of nitrogens with zero attached hydrogens (tertiary/aromatic N) is 1. The van der Waals surface area contributed by atoms with Gasteiger partial charge in [0.15, 0.2) is 0 Å². The van der Waals surface area contributed by atoms with Gasteiger partial charge in [0.05, 0.1) is 10.6 Å². The predicted molar refractivity (Wildman–Crippen MR) is 72.2 cm³/mol. The van der Waals surface area contributed by atoms with E-state index in [9.17, 15) is 0 Å². The van der Waals surface area contributed by atoms with E-state index in [1.165, 1.54) is 10.6 Å². The quantitative estimate of drug-likeness (QED) is 0.754. The fourth-order valence-corrected chi connectivity index (χ4v) is 3.24. The molecule has 15 heavy (non-hydrogen) atoms. The zero-order valence-electron chi connectivity index (χ0n) is 8.90. The zero-order valence-corrected chi connectivity index (χ0v) is 11.3. The molecule has 0 aliphatic carbocycles. The van der Waals surface area contributed by atoms with Gasteiger partial charge in [0.2, 0.25) is 0 Å². The number of alkyl halides is 1. The van der Waals surface area contributed by atoms with E-state index in [1.807, 2.05) is 17.8 Å². The second kappa shape index (κ2) is 4.30. The van der Waals surface area contributed by atoms with E-state index >= 15 is 0 Å². The Balaban J connectivity index is 2.28. The van der Waals surface area contributed by atoms with Crippen molar-refractivity contribution in [2.45, 2.75) is 24.2 Å². The van der Waals surface area contributed by atoms with Crippen molar-refractivity contribution >= 4 is 32.7 Å². The fraction of sp³-hybridized carbons (Fsp3) is 0.417. The van der Waals surface area contributed by atoms with Crippen LogP contribution in [0.5, 0.6) is 0 Å². The summed E-state index contributed by atoms with van der Waals surface area (Å²) >= 11 is 5.49. The highest BCUT2D eigenvalue weighted by molar-refractivity contribution is 9.09. The maximum Gasteiger partial charge on any atom is 0.0985 e. The number of hydrogen-bond acceptors (Lipinski definition) is 2. The van der Waals surface area contributed by atoms with Crippen molar-refractivity contribution in [3.63, 3.8) is 0 Å². The van der Waals surface area contributed by atoms with Crippen molar-refractivity contribution in [1.82, 2.24) is 0 Å². The Morgan fingerprint density at radius 1 is 1.40 bits per heavy atom. The molecule has 3 heteroatoms. The van der Waals surface area contributed by atoms with Crippen LogP contribution in [-0.2, 0) is 0 Å². The molecule has 0 saturated heterocycles. The van der Waals surface area contributed by atoms with Crippen LogP contribution in [0.3, 0.4) is 0 Å². The third kappa shape index (κ3) is 2.28. The highest BCUT2D eigenvalue weighted by atomic mass is 79.9. The smallest absolute Gasteiger partial charge is 0.0985 e. The number of benzene rings is 1. The molecule has 1 aliphatic rings. The molecule has 0 saturated carbocycles. The summed E-state index contributed by atoms with van der Waals surface area (Å²) in [4.78, 5) is 5.24. The molecule has 2 atom stereocenters. The average molecular weight is 284 g/mol. The molecule has 1 aliphatic heterocycles. The largest absolute Gasteiger partial charge is 0.269 e. The van der Waals surface area contributed by atoms with Gasteiger partial charge >= 0.3 is 0 Å². The lowest BCUT2D eigenvalue weighted by atomic mass is 10.0. The highest BCUT2D eigenvalue weighted by Gasteiger charge is 2.35. The van der Waals surface area contributed by atoms with Crippen LogP contribution in [0.25, 0.3) is 0 Å². The van der Waals surface area contributed by atoms with Crippen LogP contribution in [0.15, 0.2) is 35.3 Å². The van der Waals surface area contributed by atoms with Crippen LogP contribution in [0, 0.1) is 0 Å². The van der Waals surface area contributed by atoms with Crippen molar-refractivity contribution in [1.29, 1.82) is 0 Å². The predicted octanol–water partition coefficient (Wildman–Crippen LogP) is 3.72. The van der Waals surface area contributed by atoms with Crippen molar-refractivity contribution in [2.75, 3.05) is 5.75 Å². The first kappa shape index (κ1) is 11.2. The van der Waals surface area contributed by atoms with Crippen LogP contribution in [0.1, 0.15) is 19.4 Å². The van der Waals surface area contributed by atoms with E-state index in [2.05, 4.69) is 54.0 Å². The Bertz CT molecular complexity index is 374. The molecule has 1 aromatic rings. The molecule has 1 unspecified atom stereocenters. The Labute approximate surface area is 104 Å². The Kier molecular flexibility index (Phi) is 3.21. The first-order valence-electron chi connectivity index (χ1n) is 5.04. The van der Waals surface area contributed by atoms with E-state index in [-0.39, 0.29) is 5.54 Å². The Hall–Kier alpha value is -0.280. The van der Waals surface area contributed by atoms with E-state index in [4.69, 9.17) is 4.99 Å². The van der Waals surface area contributed by atoms with Gasteiger partial charge in [-0.05, 0) is 6.92 Å². The van der Waals surface area contributed by atoms with Crippen LogP contribution in [0.4, 0.5) is 0 Å². The molecule has 1 nitrogen and oxygen atoms in total. The van der Waals surface area contributed by atoms with Gasteiger partial charge in [0, 0.05) is 16.1 Å². The van der Waals surface area contributed by atoms with Crippen molar-refractivity contribution in [2.24, 2.45) is 4.99 Å². The van der Waals surface area contributed by atoms with Gasteiger partial charge in [0.25, 0.3) is 0 Å². The molecule has 0 amide bonds. The third-order valence-corrected chi connectivity index (χ3v) is 5.05. The SMILES string of the molecule is C[C@@H](Br)C1(C)CSC(c2ccccc2)=N1. The molecular formula is C12H14BrNS. The molecule has 2 rings (SSSR count).